The summed E-state index contributed by atoms with van der Waals surface area (Å²) in [7, 11) is 0. The van der Waals surface area contributed by atoms with Gasteiger partial charge < -0.3 is 29.6 Å². The molecule has 0 radical (unpaired) electrons. The quantitative estimate of drug-likeness (QED) is 0.169. The van der Waals surface area contributed by atoms with Crippen molar-refractivity contribution in [2.75, 3.05) is 12.1 Å². The summed E-state index contributed by atoms with van der Waals surface area (Å²) < 4.78 is 22.4. The molecule has 0 fully saturated rings. The second-order valence-corrected chi connectivity index (χ2v) is 9.28. The van der Waals surface area contributed by atoms with Crippen LogP contribution in [0.3, 0.4) is 0 Å². The maximum atomic E-state index is 13.1. The van der Waals surface area contributed by atoms with Gasteiger partial charge in [-0.2, -0.15) is 0 Å². The lowest BCUT2D eigenvalue weighted by atomic mass is 10.0. The zero-order valence-corrected chi connectivity index (χ0v) is 23.2. The fourth-order valence-electron chi connectivity index (χ4n) is 3.64. The normalized spacial score (nSPS) is 12.8. The van der Waals surface area contributed by atoms with Crippen LogP contribution in [-0.2, 0) is 23.9 Å². The largest absolute Gasteiger partial charge is 0.482 e. The average Bonchev–Trinajstić information content (AvgIpc) is 2.97. The average molecular weight is 564 g/mol. The molecule has 0 bridgehead atoms. The summed E-state index contributed by atoms with van der Waals surface area (Å²) in [5.74, 6) is -1.92. The van der Waals surface area contributed by atoms with Crippen molar-refractivity contribution >= 4 is 29.9 Å². The Bertz CT molecular complexity index is 1320. The molecular weight excluding hydrogens is 530 g/mol. The van der Waals surface area contributed by atoms with E-state index in [1.807, 2.05) is 48.5 Å². The molecule has 2 aromatic carbocycles. The van der Waals surface area contributed by atoms with Crippen molar-refractivity contribution in [2.24, 2.45) is 5.92 Å². The summed E-state index contributed by atoms with van der Waals surface area (Å²) in [5.41, 5.74) is 0.685. The maximum Gasteiger partial charge on any atom is 0.328 e. The molecule has 3 rings (SSSR count). The SMILES string of the molecule is CC(C)C(=O)OCOc1c(NC=O)ccnc1C(=O)N[C@@H](C)C(=O)OC(C)C(Oc1ccccc1)c1ccccc1. The van der Waals surface area contributed by atoms with Crippen LogP contribution in [0.5, 0.6) is 11.5 Å². The van der Waals surface area contributed by atoms with Crippen molar-refractivity contribution in [2.45, 2.75) is 45.9 Å². The molecular formula is C30H33N3O8. The summed E-state index contributed by atoms with van der Waals surface area (Å²) >= 11 is 0. The third kappa shape index (κ3) is 8.79. The zero-order chi connectivity index (χ0) is 29.8. The smallest absolute Gasteiger partial charge is 0.328 e. The first-order chi connectivity index (χ1) is 19.7. The Morgan fingerprint density at radius 1 is 0.902 bits per heavy atom. The van der Waals surface area contributed by atoms with Crippen LogP contribution in [0.1, 0.15) is 49.9 Å². The van der Waals surface area contributed by atoms with Gasteiger partial charge in [0.15, 0.2) is 17.5 Å². The van der Waals surface area contributed by atoms with Crippen molar-refractivity contribution in [3.05, 3.63) is 84.2 Å². The van der Waals surface area contributed by atoms with Gasteiger partial charge in [-0.3, -0.25) is 14.4 Å². The lowest BCUT2D eigenvalue weighted by Gasteiger charge is -2.27. The van der Waals surface area contributed by atoms with Gasteiger partial charge in [-0.1, -0.05) is 62.4 Å². The monoisotopic (exact) mass is 563 g/mol. The van der Waals surface area contributed by atoms with Gasteiger partial charge in [0.2, 0.25) is 13.2 Å². The Morgan fingerprint density at radius 2 is 1.56 bits per heavy atom. The highest BCUT2D eigenvalue weighted by Crippen LogP contribution is 2.28. The van der Waals surface area contributed by atoms with Gasteiger partial charge in [-0.15, -0.1) is 0 Å². The predicted molar refractivity (Wildman–Crippen MR) is 149 cm³/mol. The molecule has 2 unspecified atom stereocenters. The highest BCUT2D eigenvalue weighted by molar-refractivity contribution is 5.99. The molecule has 11 heteroatoms. The number of carbonyl (C=O) groups is 4. The van der Waals surface area contributed by atoms with Crippen molar-refractivity contribution in [1.82, 2.24) is 10.3 Å². The number of carbonyl (C=O) groups excluding carboxylic acids is 4. The number of benzene rings is 2. The van der Waals surface area contributed by atoms with Crippen molar-refractivity contribution in [1.29, 1.82) is 0 Å². The Hall–Kier alpha value is -4.93. The number of nitrogens with one attached hydrogen (secondary N) is 2. The third-order valence-corrected chi connectivity index (χ3v) is 5.77. The van der Waals surface area contributed by atoms with E-state index < -0.39 is 48.8 Å². The topological polar surface area (TPSA) is 142 Å². The van der Waals surface area contributed by atoms with Crippen LogP contribution < -0.4 is 20.1 Å². The van der Waals surface area contributed by atoms with Gasteiger partial charge in [-0.25, -0.2) is 9.78 Å². The van der Waals surface area contributed by atoms with E-state index in [2.05, 4.69) is 15.6 Å². The molecule has 0 aliphatic rings. The summed E-state index contributed by atoms with van der Waals surface area (Å²) in [6.07, 6.45) is 0.333. The number of hydrogen-bond donors (Lipinski definition) is 2. The van der Waals surface area contributed by atoms with Crippen molar-refractivity contribution < 1.29 is 38.1 Å². The Kier molecular flexibility index (Phi) is 11.2. The molecule has 2 N–H and O–H groups in total. The van der Waals surface area contributed by atoms with Gasteiger partial charge in [0.1, 0.15) is 17.9 Å². The van der Waals surface area contributed by atoms with E-state index in [0.717, 1.165) is 5.56 Å². The molecule has 0 aliphatic carbocycles. The molecule has 0 spiro atoms. The van der Waals surface area contributed by atoms with E-state index in [9.17, 15) is 19.2 Å². The molecule has 1 heterocycles. The number of esters is 2. The minimum atomic E-state index is -1.09. The van der Waals surface area contributed by atoms with Crippen LogP contribution >= 0.6 is 0 Å². The highest BCUT2D eigenvalue weighted by Gasteiger charge is 2.29. The number of hydrogen-bond acceptors (Lipinski definition) is 9. The summed E-state index contributed by atoms with van der Waals surface area (Å²) in [6.45, 7) is 5.95. The van der Waals surface area contributed by atoms with Gasteiger partial charge in [0.25, 0.3) is 5.91 Å². The maximum absolute atomic E-state index is 13.1. The molecule has 11 nitrogen and oxygen atoms in total. The van der Waals surface area contributed by atoms with Gasteiger partial charge >= 0.3 is 11.9 Å². The van der Waals surface area contributed by atoms with Crippen molar-refractivity contribution in [3.63, 3.8) is 0 Å². The number of nitrogens with zero attached hydrogens (tertiary/aromatic N) is 1. The van der Waals surface area contributed by atoms with E-state index in [1.54, 1.807) is 32.9 Å². The summed E-state index contributed by atoms with van der Waals surface area (Å²) in [5, 5.41) is 4.95. The minimum Gasteiger partial charge on any atom is -0.482 e. The van der Waals surface area contributed by atoms with E-state index in [4.69, 9.17) is 18.9 Å². The van der Waals surface area contributed by atoms with Crippen molar-refractivity contribution in [3.8, 4) is 11.5 Å². The second-order valence-electron chi connectivity index (χ2n) is 9.28. The van der Waals surface area contributed by atoms with Gasteiger partial charge in [0.05, 0.1) is 11.6 Å². The number of pyridine rings is 1. The van der Waals surface area contributed by atoms with E-state index in [-0.39, 0.29) is 17.1 Å². The Labute approximate surface area is 238 Å². The van der Waals surface area contributed by atoms with Gasteiger partial charge in [0, 0.05) is 6.20 Å². The number of rotatable bonds is 14. The molecule has 1 aromatic heterocycles. The standard InChI is InChI=1S/C30H33N3O8/c1-19(2)29(36)39-18-38-27-24(32-17-34)15-16-31-25(27)28(35)33-20(3)30(37)40-21(4)26(22-11-7-5-8-12-22)41-23-13-9-6-10-14-23/h5-17,19-21,26H,18H2,1-4H3,(H,33,35)(H,31,32,34)/t20-,21?,26?/m0/s1. The molecule has 41 heavy (non-hydrogen) atoms. The van der Waals surface area contributed by atoms with Gasteiger partial charge in [-0.05, 0) is 37.6 Å². The molecule has 3 atom stereocenters. The molecule has 216 valence electrons. The van der Waals surface area contributed by atoms with E-state index >= 15 is 0 Å². The number of para-hydroxylation sites is 1. The minimum absolute atomic E-state index is 0.119. The van der Waals surface area contributed by atoms with Crippen LogP contribution in [0.4, 0.5) is 5.69 Å². The fourth-order valence-corrected chi connectivity index (χ4v) is 3.64. The first-order valence-corrected chi connectivity index (χ1v) is 13.0. The number of ether oxygens (including phenoxy) is 4. The summed E-state index contributed by atoms with van der Waals surface area (Å²) in [6, 6.07) is 18.8. The first kappa shape index (κ1) is 30.6. The lowest BCUT2D eigenvalue weighted by Crippen LogP contribution is -2.42. The third-order valence-electron chi connectivity index (χ3n) is 5.77. The number of anilines is 1. The Balaban J connectivity index is 1.71. The second kappa shape index (κ2) is 15.0. The fraction of sp³-hybridized carbons (Fsp3) is 0.300. The predicted octanol–water partition coefficient (Wildman–Crippen LogP) is 4.06. The van der Waals surface area contributed by atoms with Crippen LogP contribution in [0.15, 0.2) is 72.9 Å². The number of aromatic nitrogens is 1. The molecule has 0 aliphatic heterocycles. The number of amides is 2. The molecule has 0 saturated heterocycles. The summed E-state index contributed by atoms with van der Waals surface area (Å²) in [4.78, 5) is 53.0. The lowest BCUT2D eigenvalue weighted by molar-refractivity contribution is -0.155. The Morgan fingerprint density at radius 3 is 2.20 bits per heavy atom. The van der Waals surface area contributed by atoms with Crippen LogP contribution in [0, 0.1) is 5.92 Å². The first-order valence-electron chi connectivity index (χ1n) is 13.0. The van der Waals surface area contributed by atoms with Crippen LogP contribution in [0.25, 0.3) is 0 Å². The molecule has 3 aromatic rings. The zero-order valence-electron chi connectivity index (χ0n) is 23.2. The van der Waals surface area contributed by atoms with E-state index in [0.29, 0.717) is 12.2 Å². The molecule has 2 amide bonds. The highest BCUT2D eigenvalue weighted by atomic mass is 16.7. The van der Waals surface area contributed by atoms with Crippen LogP contribution in [-0.4, -0.2) is 48.2 Å². The van der Waals surface area contributed by atoms with E-state index in [1.165, 1.54) is 19.2 Å². The molecule has 0 saturated carbocycles. The van der Waals surface area contributed by atoms with Crippen LogP contribution in [0.2, 0.25) is 0 Å².